The molecule has 22 heavy (non-hydrogen) atoms. The van der Waals surface area contributed by atoms with Gasteiger partial charge in [-0.15, -0.1) is 22.6 Å². The van der Waals surface area contributed by atoms with E-state index in [0.717, 1.165) is 25.2 Å². The van der Waals surface area contributed by atoms with Crippen molar-refractivity contribution in [1.29, 1.82) is 0 Å². The van der Waals surface area contributed by atoms with Gasteiger partial charge in [-0.1, -0.05) is 44.9 Å². The molecule has 4 nitrogen and oxygen atoms in total. The average Bonchev–Trinajstić information content (AvgIpc) is 2.99. The molecular formula is C17H26ClN3O. The number of benzene rings is 1. The second-order valence-electron chi connectivity index (χ2n) is 5.35. The van der Waals surface area contributed by atoms with Gasteiger partial charge in [-0.05, 0) is 38.1 Å². The Kier molecular flexibility index (Phi) is 8.78. The first-order valence-corrected chi connectivity index (χ1v) is 7.93. The molecule has 5 heteroatoms. The number of aromatic nitrogens is 2. The topological polar surface area (TPSA) is 42.2 Å². The normalized spacial score (nSPS) is 10.7. The summed E-state index contributed by atoms with van der Waals surface area (Å²) in [4.78, 5) is 2.41. The van der Waals surface area contributed by atoms with E-state index >= 15 is 0 Å². The summed E-state index contributed by atoms with van der Waals surface area (Å²) in [5, 5.41) is 8.35. The van der Waals surface area contributed by atoms with Gasteiger partial charge in [0.2, 0.25) is 11.8 Å². The Morgan fingerprint density at radius 1 is 0.955 bits per heavy atom. The molecule has 0 unspecified atom stereocenters. The van der Waals surface area contributed by atoms with Crippen molar-refractivity contribution in [2.75, 3.05) is 13.1 Å². The summed E-state index contributed by atoms with van der Waals surface area (Å²) >= 11 is 0. The molecule has 2 rings (SSSR count). The van der Waals surface area contributed by atoms with E-state index < -0.39 is 0 Å². The molecule has 0 bridgehead atoms. The van der Waals surface area contributed by atoms with Crippen LogP contribution in [0.15, 0.2) is 34.7 Å². The third kappa shape index (κ3) is 5.78. The second kappa shape index (κ2) is 10.4. The summed E-state index contributed by atoms with van der Waals surface area (Å²) in [6.45, 7) is 7.38. The minimum absolute atomic E-state index is 0. The van der Waals surface area contributed by atoms with Gasteiger partial charge in [0.25, 0.3) is 0 Å². The molecule has 2 aromatic rings. The van der Waals surface area contributed by atoms with Gasteiger partial charge < -0.3 is 4.42 Å². The molecule has 0 spiro atoms. The van der Waals surface area contributed by atoms with Crippen molar-refractivity contribution in [3.63, 3.8) is 0 Å². The Bertz CT molecular complexity index is 508. The summed E-state index contributed by atoms with van der Waals surface area (Å²) in [5.41, 5.74) is 0.977. The minimum Gasteiger partial charge on any atom is -0.419 e. The highest BCUT2D eigenvalue weighted by Crippen LogP contribution is 2.17. The third-order valence-electron chi connectivity index (χ3n) is 3.50. The van der Waals surface area contributed by atoms with Crippen molar-refractivity contribution >= 4 is 12.4 Å². The van der Waals surface area contributed by atoms with Crippen LogP contribution in [0.4, 0.5) is 0 Å². The molecule has 0 fully saturated rings. The zero-order valence-corrected chi connectivity index (χ0v) is 14.3. The third-order valence-corrected chi connectivity index (χ3v) is 3.50. The lowest BCUT2D eigenvalue weighted by Gasteiger charge is -2.19. The number of unbranched alkanes of at least 4 members (excludes halogenated alkanes) is 2. The smallest absolute Gasteiger partial charge is 0.247 e. The fourth-order valence-electron chi connectivity index (χ4n) is 2.24. The second-order valence-corrected chi connectivity index (χ2v) is 5.35. The van der Waals surface area contributed by atoms with E-state index in [0.29, 0.717) is 11.8 Å². The van der Waals surface area contributed by atoms with Crippen LogP contribution in [0.25, 0.3) is 11.5 Å². The van der Waals surface area contributed by atoms with E-state index in [9.17, 15) is 0 Å². The predicted molar refractivity (Wildman–Crippen MR) is 92.1 cm³/mol. The first-order chi connectivity index (χ1) is 10.3. The largest absolute Gasteiger partial charge is 0.419 e. The van der Waals surface area contributed by atoms with Crippen molar-refractivity contribution in [1.82, 2.24) is 15.1 Å². The molecule has 1 aromatic heterocycles. The van der Waals surface area contributed by atoms with Crippen LogP contribution in [0.1, 0.15) is 45.4 Å². The number of hydrogen-bond donors (Lipinski definition) is 0. The van der Waals surface area contributed by atoms with Gasteiger partial charge in [0.05, 0.1) is 6.54 Å². The number of hydrogen-bond acceptors (Lipinski definition) is 4. The summed E-state index contributed by atoms with van der Waals surface area (Å²) in [6, 6.07) is 9.92. The van der Waals surface area contributed by atoms with Gasteiger partial charge >= 0.3 is 0 Å². The lowest BCUT2D eigenvalue weighted by Crippen LogP contribution is -2.25. The molecule has 1 heterocycles. The maximum atomic E-state index is 5.80. The molecule has 122 valence electrons. The first kappa shape index (κ1) is 18.7. The fraction of sp³-hybridized carbons (Fsp3) is 0.529. The van der Waals surface area contributed by atoms with Crippen LogP contribution in [0, 0.1) is 0 Å². The van der Waals surface area contributed by atoms with Gasteiger partial charge in [0.1, 0.15) is 0 Å². The van der Waals surface area contributed by atoms with Crippen LogP contribution in [0.3, 0.4) is 0 Å². The number of halogens is 1. The molecule has 1 aromatic carbocycles. The van der Waals surface area contributed by atoms with Crippen molar-refractivity contribution in [3.05, 3.63) is 36.2 Å². The van der Waals surface area contributed by atoms with E-state index in [1.165, 1.54) is 25.7 Å². The summed E-state index contributed by atoms with van der Waals surface area (Å²) in [7, 11) is 0. The van der Waals surface area contributed by atoms with E-state index in [-0.39, 0.29) is 12.4 Å². The van der Waals surface area contributed by atoms with Crippen LogP contribution in [0.5, 0.6) is 0 Å². The van der Waals surface area contributed by atoms with Crippen molar-refractivity contribution < 1.29 is 4.42 Å². The maximum Gasteiger partial charge on any atom is 0.247 e. The summed E-state index contributed by atoms with van der Waals surface area (Å²) < 4.78 is 5.80. The van der Waals surface area contributed by atoms with Crippen molar-refractivity contribution in [2.24, 2.45) is 0 Å². The monoisotopic (exact) mass is 323 g/mol. The zero-order valence-electron chi connectivity index (χ0n) is 13.5. The highest BCUT2D eigenvalue weighted by atomic mass is 35.5. The van der Waals surface area contributed by atoms with Crippen LogP contribution in [0.2, 0.25) is 0 Å². The lowest BCUT2D eigenvalue weighted by atomic mass is 10.2. The van der Waals surface area contributed by atoms with Gasteiger partial charge in [0.15, 0.2) is 0 Å². The van der Waals surface area contributed by atoms with Crippen molar-refractivity contribution in [3.8, 4) is 11.5 Å². The Hall–Kier alpha value is -1.39. The van der Waals surface area contributed by atoms with E-state index in [1.54, 1.807) is 0 Å². The van der Waals surface area contributed by atoms with Crippen molar-refractivity contribution in [2.45, 2.75) is 46.1 Å². The molecule has 0 N–H and O–H groups in total. The highest BCUT2D eigenvalue weighted by molar-refractivity contribution is 5.85. The first-order valence-electron chi connectivity index (χ1n) is 7.93. The summed E-state index contributed by atoms with van der Waals surface area (Å²) in [5.74, 6) is 1.32. The molecular weight excluding hydrogens is 298 g/mol. The standard InChI is InChI=1S/C17H25N3O.ClH/c1-3-5-12-20(13-6-4-2)14-16-18-19-17(21-16)15-10-8-7-9-11-15;/h7-11H,3-6,12-14H2,1-2H3;1H. The Morgan fingerprint density at radius 3 is 2.18 bits per heavy atom. The predicted octanol–water partition coefficient (Wildman–Crippen LogP) is 4.56. The zero-order chi connectivity index (χ0) is 14.9. The molecule has 0 saturated carbocycles. The SMILES string of the molecule is CCCCN(CCCC)Cc1nnc(-c2ccccc2)o1.Cl. The fourth-order valence-corrected chi connectivity index (χ4v) is 2.24. The van der Waals surface area contributed by atoms with Gasteiger partial charge in [-0.2, -0.15) is 0 Å². The van der Waals surface area contributed by atoms with Crippen LogP contribution >= 0.6 is 12.4 Å². The number of rotatable bonds is 9. The molecule has 0 radical (unpaired) electrons. The quantitative estimate of drug-likeness (QED) is 0.678. The molecule has 0 aliphatic carbocycles. The maximum absolute atomic E-state index is 5.80. The van der Waals surface area contributed by atoms with Gasteiger partial charge in [-0.3, -0.25) is 4.90 Å². The Labute approximate surface area is 139 Å². The molecule has 0 amide bonds. The summed E-state index contributed by atoms with van der Waals surface area (Å²) in [6.07, 6.45) is 4.84. The van der Waals surface area contributed by atoms with Crippen LogP contribution < -0.4 is 0 Å². The van der Waals surface area contributed by atoms with E-state index in [4.69, 9.17) is 4.42 Å². The Morgan fingerprint density at radius 2 is 1.59 bits per heavy atom. The number of nitrogens with zero attached hydrogens (tertiary/aromatic N) is 3. The minimum atomic E-state index is 0. The lowest BCUT2D eigenvalue weighted by molar-refractivity contribution is 0.233. The van der Waals surface area contributed by atoms with E-state index in [2.05, 4.69) is 28.9 Å². The highest BCUT2D eigenvalue weighted by Gasteiger charge is 2.12. The molecule has 0 saturated heterocycles. The van der Waals surface area contributed by atoms with Gasteiger partial charge in [-0.25, -0.2) is 0 Å². The molecule has 0 aliphatic heterocycles. The molecule has 0 atom stereocenters. The Balaban J connectivity index is 0.00000242. The van der Waals surface area contributed by atoms with Crippen LogP contribution in [-0.4, -0.2) is 28.2 Å². The molecule has 0 aliphatic rings. The van der Waals surface area contributed by atoms with Gasteiger partial charge in [0, 0.05) is 5.56 Å². The van der Waals surface area contributed by atoms with Crippen LogP contribution in [-0.2, 0) is 6.54 Å². The average molecular weight is 324 g/mol. The van der Waals surface area contributed by atoms with E-state index in [1.807, 2.05) is 30.3 Å².